The number of methoxy groups -OCH3 is 2. The summed E-state index contributed by atoms with van der Waals surface area (Å²) in [6.45, 7) is 0. The van der Waals surface area contributed by atoms with Gasteiger partial charge in [-0.05, 0) is 12.1 Å². The van der Waals surface area contributed by atoms with Crippen molar-refractivity contribution in [2.75, 3.05) is 14.2 Å². The lowest BCUT2D eigenvalue weighted by Gasteiger charge is -2.47. The zero-order valence-corrected chi connectivity index (χ0v) is 15.9. The second kappa shape index (κ2) is 7.85. The van der Waals surface area contributed by atoms with Crippen LogP contribution in [0.2, 0.25) is 0 Å². The van der Waals surface area contributed by atoms with Crippen LogP contribution in [0.5, 0.6) is 0 Å². The Labute approximate surface area is 169 Å². The molecule has 0 N–H and O–H groups in total. The molecule has 2 aliphatic rings. The molecule has 11 nitrogen and oxygen atoms in total. The molecule has 4 amide bonds. The Morgan fingerprint density at radius 2 is 1.50 bits per heavy atom. The van der Waals surface area contributed by atoms with Gasteiger partial charge in [0.2, 0.25) is 0 Å². The molecule has 0 unspecified atom stereocenters. The lowest BCUT2D eigenvalue weighted by molar-refractivity contribution is -0.175. The third-order valence-corrected chi connectivity index (χ3v) is 4.88. The zero-order valence-electron chi connectivity index (χ0n) is 15.9. The molecule has 0 spiro atoms. The number of carbonyl (C=O) groups excluding carboxylic acids is 7. The Balaban J connectivity index is 1.92. The van der Waals surface area contributed by atoms with Crippen molar-refractivity contribution in [3.8, 4) is 0 Å². The summed E-state index contributed by atoms with van der Waals surface area (Å²) in [6, 6.07) is 3.11. The molecule has 11 heteroatoms. The number of rotatable bonds is 5. The number of carbonyl (C=O) groups is 7. The number of esters is 2. The van der Waals surface area contributed by atoms with Crippen LogP contribution in [0.3, 0.4) is 0 Å². The number of ether oxygens (including phenoxy) is 2. The standard InChI is InChI=1S/C19H16N2O9/c1-29-13(23)8-9(22)7-12-14(17(26)20(12)18(27)19(28)30-2)21-15(24)10-5-3-4-6-11(10)16(21)25/h3-6,12,14H,7-8H2,1-2H3/t12-,14-/m1/s1. The Hall–Kier alpha value is -3.89. The van der Waals surface area contributed by atoms with Gasteiger partial charge in [-0.3, -0.25) is 38.6 Å². The average molecular weight is 416 g/mol. The van der Waals surface area contributed by atoms with E-state index in [9.17, 15) is 33.6 Å². The molecule has 0 saturated carbocycles. The third kappa shape index (κ3) is 3.23. The van der Waals surface area contributed by atoms with Gasteiger partial charge < -0.3 is 9.47 Å². The van der Waals surface area contributed by atoms with Crippen molar-refractivity contribution in [2.45, 2.75) is 24.9 Å². The van der Waals surface area contributed by atoms with Crippen LogP contribution in [-0.4, -0.2) is 77.5 Å². The molecule has 0 bridgehead atoms. The molecule has 1 aromatic carbocycles. The van der Waals surface area contributed by atoms with Crippen LogP contribution >= 0.6 is 0 Å². The second-order valence-corrected chi connectivity index (χ2v) is 6.54. The Morgan fingerprint density at radius 1 is 0.933 bits per heavy atom. The maximum Gasteiger partial charge on any atom is 0.397 e. The van der Waals surface area contributed by atoms with E-state index in [0.717, 1.165) is 14.2 Å². The van der Waals surface area contributed by atoms with Crippen molar-refractivity contribution in [2.24, 2.45) is 0 Å². The number of likely N-dealkylation sites (tertiary alicyclic amines) is 1. The highest BCUT2D eigenvalue weighted by molar-refractivity contribution is 6.37. The van der Waals surface area contributed by atoms with Crippen molar-refractivity contribution in [1.82, 2.24) is 9.80 Å². The van der Waals surface area contributed by atoms with Gasteiger partial charge in [0.25, 0.3) is 17.7 Å². The largest absolute Gasteiger partial charge is 0.469 e. The summed E-state index contributed by atoms with van der Waals surface area (Å²) in [6.07, 6.45) is -1.20. The van der Waals surface area contributed by atoms with Crippen molar-refractivity contribution in [3.63, 3.8) is 0 Å². The maximum atomic E-state index is 12.7. The minimum atomic E-state index is -1.48. The van der Waals surface area contributed by atoms with Crippen LogP contribution in [0.15, 0.2) is 24.3 Å². The Bertz CT molecular complexity index is 964. The number of imide groups is 2. The monoisotopic (exact) mass is 416 g/mol. The van der Waals surface area contributed by atoms with Gasteiger partial charge in [-0.15, -0.1) is 0 Å². The van der Waals surface area contributed by atoms with E-state index in [1.54, 1.807) is 12.1 Å². The van der Waals surface area contributed by atoms with Crippen LogP contribution in [0.25, 0.3) is 0 Å². The first-order valence-corrected chi connectivity index (χ1v) is 8.73. The van der Waals surface area contributed by atoms with Gasteiger partial charge >= 0.3 is 17.8 Å². The lowest BCUT2D eigenvalue weighted by atomic mass is 9.88. The van der Waals surface area contributed by atoms with Crippen LogP contribution in [0.4, 0.5) is 0 Å². The van der Waals surface area contributed by atoms with Gasteiger partial charge in [-0.25, -0.2) is 4.79 Å². The second-order valence-electron chi connectivity index (χ2n) is 6.54. The summed E-state index contributed by atoms with van der Waals surface area (Å²) in [7, 11) is 2.01. The molecule has 1 fully saturated rings. The molecule has 0 radical (unpaired) electrons. The molecule has 0 aliphatic carbocycles. The Morgan fingerprint density at radius 3 is 2.00 bits per heavy atom. The van der Waals surface area contributed by atoms with Gasteiger partial charge in [-0.1, -0.05) is 12.1 Å². The van der Waals surface area contributed by atoms with Crippen LogP contribution in [0.1, 0.15) is 33.6 Å². The summed E-state index contributed by atoms with van der Waals surface area (Å²) in [5.74, 6) is -6.76. The Kier molecular flexibility index (Phi) is 5.45. The normalized spacial score (nSPS) is 19.9. The highest BCUT2D eigenvalue weighted by atomic mass is 16.5. The molecule has 1 saturated heterocycles. The molecule has 3 rings (SSSR count). The van der Waals surface area contributed by atoms with Crippen molar-refractivity contribution in [3.05, 3.63) is 35.4 Å². The number of nitrogens with zero attached hydrogens (tertiary/aromatic N) is 2. The molecule has 30 heavy (non-hydrogen) atoms. The fraction of sp³-hybridized carbons (Fsp3) is 0.316. The van der Waals surface area contributed by atoms with Gasteiger partial charge in [0.05, 0.1) is 31.4 Å². The predicted molar refractivity (Wildman–Crippen MR) is 94.6 cm³/mol. The van der Waals surface area contributed by atoms with Gasteiger partial charge in [0, 0.05) is 6.42 Å². The quantitative estimate of drug-likeness (QED) is 0.196. The fourth-order valence-electron chi connectivity index (χ4n) is 3.45. The first-order valence-electron chi connectivity index (χ1n) is 8.73. The summed E-state index contributed by atoms with van der Waals surface area (Å²) >= 11 is 0. The first-order chi connectivity index (χ1) is 14.2. The van der Waals surface area contributed by atoms with E-state index in [4.69, 9.17) is 0 Å². The highest BCUT2D eigenvalue weighted by Gasteiger charge is 2.59. The molecule has 2 atom stereocenters. The minimum absolute atomic E-state index is 0.0766. The van der Waals surface area contributed by atoms with E-state index < -0.39 is 66.3 Å². The maximum absolute atomic E-state index is 12.7. The van der Waals surface area contributed by atoms with Crippen molar-refractivity contribution >= 4 is 41.4 Å². The van der Waals surface area contributed by atoms with E-state index in [0.29, 0.717) is 9.80 Å². The number of hydrogen-bond acceptors (Lipinski definition) is 9. The summed E-state index contributed by atoms with van der Waals surface area (Å²) in [4.78, 5) is 86.6. The van der Waals surface area contributed by atoms with E-state index in [1.165, 1.54) is 12.1 Å². The summed E-state index contributed by atoms with van der Waals surface area (Å²) in [5, 5.41) is 0. The SMILES string of the molecule is COC(=O)CC(=O)C[C@@H]1[C@@H](N2C(=O)c3ccccc3C2=O)C(=O)N1C(=O)C(=O)OC. The van der Waals surface area contributed by atoms with Crippen molar-refractivity contribution in [1.29, 1.82) is 0 Å². The van der Waals surface area contributed by atoms with E-state index >= 15 is 0 Å². The zero-order chi connectivity index (χ0) is 22.2. The summed E-state index contributed by atoms with van der Waals surface area (Å²) < 4.78 is 8.73. The molecule has 2 heterocycles. The van der Waals surface area contributed by atoms with E-state index in [1.807, 2.05) is 0 Å². The third-order valence-electron chi connectivity index (χ3n) is 4.88. The van der Waals surface area contributed by atoms with E-state index in [-0.39, 0.29) is 11.1 Å². The lowest BCUT2D eigenvalue weighted by Crippen LogP contribution is -2.74. The number of benzene rings is 1. The number of amides is 4. The van der Waals surface area contributed by atoms with Gasteiger partial charge in [0.15, 0.2) is 0 Å². The number of β-lactam (4-membered cyclic amide) rings is 1. The fourth-order valence-corrected chi connectivity index (χ4v) is 3.45. The minimum Gasteiger partial charge on any atom is -0.469 e. The molecule has 1 aromatic rings. The average Bonchev–Trinajstić information content (AvgIpc) is 2.98. The first kappa shape index (κ1) is 20.8. The summed E-state index contributed by atoms with van der Waals surface area (Å²) in [5.41, 5.74) is 0.153. The number of hydrogen-bond donors (Lipinski definition) is 0. The van der Waals surface area contributed by atoms with E-state index in [2.05, 4.69) is 9.47 Å². The van der Waals surface area contributed by atoms with Crippen molar-refractivity contribution < 1.29 is 43.0 Å². The molecule has 0 aromatic heterocycles. The smallest absolute Gasteiger partial charge is 0.397 e. The molecule has 2 aliphatic heterocycles. The molecular weight excluding hydrogens is 400 g/mol. The van der Waals surface area contributed by atoms with Gasteiger partial charge in [0.1, 0.15) is 18.2 Å². The number of fused-ring (bicyclic) bond motifs is 1. The van der Waals surface area contributed by atoms with Crippen LogP contribution < -0.4 is 0 Å². The molecular formula is C19H16N2O9. The number of ketones is 1. The van der Waals surface area contributed by atoms with Gasteiger partial charge in [-0.2, -0.15) is 0 Å². The van der Waals surface area contributed by atoms with Crippen LogP contribution in [0, 0.1) is 0 Å². The predicted octanol–water partition coefficient (Wildman–Crippen LogP) is -0.916. The molecule has 156 valence electrons. The topological polar surface area (TPSA) is 144 Å². The van der Waals surface area contributed by atoms with Crippen LogP contribution in [-0.2, 0) is 33.4 Å². The number of Topliss-reactive ketones (excluding diaryl/α,β-unsaturated/α-hetero) is 1. The highest BCUT2D eigenvalue weighted by Crippen LogP contribution is 2.34.